The van der Waals surface area contributed by atoms with Crippen molar-refractivity contribution in [1.29, 1.82) is 0 Å². The highest BCUT2D eigenvalue weighted by atomic mass is 16.1. The number of hydrogen-bond acceptors (Lipinski definition) is 1. The summed E-state index contributed by atoms with van der Waals surface area (Å²) in [4.78, 5) is 11.0. The molecule has 2 N–H and O–H groups in total. The van der Waals surface area contributed by atoms with Gasteiger partial charge in [0, 0.05) is 6.42 Å². The topological polar surface area (TPSA) is 43.1 Å². The monoisotopic (exact) mass is 219 g/mol. The van der Waals surface area contributed by atoms with Gasteiger partial charge in [-0.2, -0.15) is 0 Å². The number of hydrogen-bond donors (Lipinski definition) is 1. The first-order valence-electron chi connectivity index (χ1n) is 5.98. The minimum absolute atomic E-state index is 0.207. The highest BCUT2D eigenvalue weighted by molar-refractivity contribution is 5.74. The van der Waals surface area contributed by atoms with Crippen molar-refractivity contribution in [2.75, 3.05) is 0 Å². The van der Waals surface area contributed by atoms with E-state index in [4.69, 9.17) is 5.73 Å². The largest absolute Gasteiger partial charge is 0.370 e. The second-order valence-electron chi connectivity index (χ2n) is 4.42. The Morgan fingerprint density at radius 1 is 1.31 bits per heavy atom. The minimum atomic E-state index is -0.207. The number of carbonyl (C=O) groups excluding carboxylic acids is 1. The summed E-state index contributed by atoms with van der Waals surface area (Å²) in [7, 11) is 0. The van der Waals surface area contributed by atoms with Gasteiger partial charge in [0.25, 0.3) is 0 Å². The van der Waals surface area contributed by atoms with Crippen molar-refractivity contribution in [2.24, 2.45) is 5.73 Å². The summed E-state index contributed by atoms with van der Waals surface area (Å²) in [5.41, 5.74) is 7.77. The lowest BCUT2D eigenvalue weighted by atomic mass is 9.90. The van der Waals surface area contributed by atoms with E-state index in [0.717, 1.165) is 19.3 Å². The number of rotatable bonds is 6. The van der Waals surface area contributed by atoms with E-state index in [1.54, 1.807) is 0 Å². The molecule has 16 heavy (non-hydrogen) atoms. The normalized spacial score (nSPS) is 12.4. The van der Waals surface area contributed by atoms with E-state index < -0.39 is 0 Å². The fraction of sp³-hybridized carbons (Fsp3) is 0.500. The Morgan fingerprint density at radius 2 is 1.94 bits per heavy atom. The third kappa shape index (κ3) is 4.05. The summed E-state index contributed by atoms with van der Waals surface area (Å²) in [5, 5.41) is 0. The van der Waals surface area contributed by atoms with Gasteiger partial charge >= 0.3 is 0 Å². The van der Waals surface area contributed by atoms with Gasteiger partial charge in [-0.3, -0.25) is 4.79 Å². The molecule has 0 saturated heterocycles. The van der Waals surface area contributed by atoms with Crippen molar-refractivity contribution in [3.8, 4) is 0 Å². The lowest BCUT2D eigenvalue weighted by Crippen LogP contribution is -2.15. The molecule has 0 heterocycles. The second kappa shape index (κ2) is 6.31. The molecule has 1 atom stereocenters. The zero-order chi connectivity index (χ0) is 12.0. The molecule has 0 radical (unpaired) electrons. The van der Waals surface area contributed by atoms with Crippen LogP contribution in [0, 0.1) is 6.92 Å². The molecular formula is C14H21NO. The number of amides is 1. The van der Waals surface area contributed by atoms with E-state index >= 15 is 0 Å². The van der Waals surface area contributed by atoms with Crippen LogP contribution in [0.15, 0.2) is 24.3 Å². The van der Waals surface area contributed by atoms with Crippen LogP contribution in [0.4, 0.5) is 0 Å². The summed E-state index contributed by atoms with van der Waals surface area (Å²) in [6, 6.07) is 8.40. The molecule has 1 unspecified atom stereocenters. The lowest BCUT2D eigenvalue weighted by molar-refractivity contribution is -0.118. The summed E-state index contributed by atoms with van der Waals surface area (Å²) in [6.07, 6.45) is 3.80. The summed E-state index contributed by atoms with van der Waals surface area (Å²) >= 11 is 0. The highest BCUT2D eigenvalue weighted by Gasteiger charge is 2.13. The molecule has 88 valence electrons. The summed E-state index contributed by atoms with van der Waals surface area (Å²) in [6.45, 7) is 4.23. The Bertz CT molecular complexity index is 329. The van der Waals surface area contributed by atoms with Crippen LogP contribution in [0.25, 0.3) is 0 Å². The van der Waals surface area contributed by atoms with Gasteiger partial charge < -0.3 is 5.73 Å². The van der Waals surface area contributed by atoms with Gasteiger partial charge in [0.05, 0.1) is 0 Å². The van der Waals surface area contributed by atoms with Crippen LogP contribution in [0.2, 0.25) is 0 Å². The highest BCUT2D eigenvalue weighted by Crippen LogP contribution is 2.25. The fourth-order valence-electron chi connectivity index (χ4n) is 1.92. The quantitative estimate of drug-likeness (QED) is 0.784. The van der Waals surface area contributed by atoms with Crippen LogP contribution in [0.3, 0.4) is 0 Å². The van der Waals surface area contributed by atoms with E-state index in [-0.39, 0.29) is 11.8 Å². The molecule has 2 heteroatoms. The third-order valence-corrected chi connectivity index (χ3v) is 2.90. The first-order chi connectivity index (χ1) is 7.63. The maximum absolute atomic E-state index is 11.0. The Kier molecular flexibility index (Phi) is 5.03. The SMILES string of the molecule is CCCCC(CC(N)=O)c1ccc(C)cc1. The van der Waals surface area contributed by atoms with Crippen LogP contribution in [-0.4, -0.2) is 5.91 Å². The van der Waals surface area contributed by atoms with E-state index in [0.29, 0.717) is 6.42 Å². The van der Waals surface area contributed by atoms with Crippen molar-refractivity contribution < 1.29 is 4.79 Å². The zero-order valence-corrected chi connectivity index (χ0v) is 10.2. The Balaban J connectivity index is 2.74. The maximum Gasteiger partial charge on any atom is 0.218 e. The first-order valence-corrected chi connectivity index (χ1v) is 5.98. The number of unbranched alkanes of at least 4 members (excludes halogenated alkanes) is 1. The van der Waals surface area contributed by atoms with Crippen LogP contribution >= 0.6 is 0 Å². The van der Waals surface area contributed by atoms with Crippen LogP contribution in [0.5, 0.6) is 0 Å². The number of primary amides is 1. The molecule has 1 amide bonds. The van der Waals surface area contributed by atoms with E-state index in [1.165, 1.54) is 11.1 Å². The van der Waals surface area contributed by atoms with Crippen molar-refractivity contribution >= 4 is 5.91 Å². The molecule has 1 aromatic carbocycles. The van der Waals surface area contributed by atoms with Crippen LogP contribution in [-0.2, 0) is 4.79 Å². The molecule has 0 aliphatic heterocycles. The average Bonchev–Trinajstić information content (AvgIpc) is 2.25. The Morgan fingerprint density at radius 3 is 2.44 bits per heavy atom. The van der Waals surface area contributed by atoms with Crippen LogP contribution < -0.4 is 5.73 Å². The number of carbonyl (C=O) groups is 1. The average molecular weight is 219 g/mol. The molecule has 0 fully saturated rings. The minimum Gasteiger partial charge on any atom is -0.370 e. The van der Waals surface area contributed by atoms with Gasteiger partial charge in [0.2, 0.25) is 5.91 Å². The zero-order valence-electron chi connectivity index (χ0n) is 10.2. The fourth-order valence-corrected chi connectivity index (χ4v) is 1.92. The molecule has 0 saturated carbocycles. The lowest BCUT2D eigenvalue weighted by Gasteiger charge is -2.15. The van der Waals surface area contributed by atoms with Gasteiger partial charge in [-0.15, -0.1) is 0 Å². The molecule has 1 aromatic rings. The Hall–Kier alpha value is -1.31. The molecule has 0 aliphatic carbocycles. The van der Waals surface area contributed by atoms with Crippen molar-refractivity contribution in [3.63, 3.8) is 0 Å². The van der Waals surface area contributed by atoms with Gasteiger partial charge in [0.15, 0.2) is 0 Å². The van der Waals surface area contributed by atoms with Gasteiger partial charge in [-0.1, -0.05) is 49.6 Å². The van der Waals surface area contributed by atoms with E-state index in [2.05, 4.69) is 38.1 Å². The molecule has 1 rings (SSSR count). The van der Waals surface area contributed by atoms with Crippen molar-refractivity contribution in [2.45, 2.75) is 45.4 Å². The predicted molar refractivity (Wildman–Crippen MR) is 67.3 cm³/mol. The number of benzene rings is 1. The molecular weight excluding hydrogens is 198 g/mol. The third-order valence-electron chi connectivity index (χ3n) is 2.90. The first kappa shape index (κ1) is 12.8. The summed E-state index contributed by atoms with van der Waals surface area (Å²) in [5.74, 6) is 0.0831. The van der Waals surface area contributed by atoms with Gasteiger partial charge in [0.1, 0.15) is 0 Å². The van der Waals surface area contributed by atoms with Gasteiger partial charge in [-0.05, 0) is 24.8 Å². The van der Waals surface area contributed by atoms with E-state index in [9.17, 15) is 4.79 Å². The summed E-state index contributed by atoms with van der Waals surface area (Å²) < 4.78 is 0. The van der Waals surface area contributed by atoms with Crippen molar-refractivity contribution in [1.82, 2.24) is 0 Å². The van der Waals surface area contributed by atoms with Gasteiger partial charge in [-0.25, -0.2) is 0 Å². The molecule has 0 spiro atoms. The number of aryl methyl sites for hydroxylation is 1. The standard InChI is InChI=1S/C14H21NO/c1-3-4-5-13(10-14(15)16)12-8-6-11(2)7-9-12/h6-9,13H,3-5,10H2,1-2H3,(H2,15,16). The van der Waals surface area contributed by atoms with E-state index in [1.807, 2.05) is 0 Å². The maximum atomic E-state index is 11.0. The molecule has 0 aromatic heterocycles. The van der Waals surface area contributed by atoms with Crippen LogP contribution in [0.1, 0.15) is 49.7 Å². The smallest absolute Gasteiger partial charge is 0.218 e. The van der Waals surface area contributed by atoms with Crippen molar-refractivity contribution in [3.05, 3.63) is 35.4 Å². The second-order valence-corrected chi connectivity index (χ2v) is 4.42. The predicted octanol–water partition coefficient (Wildman–Crippen LogP) is 3.14. The molecule has 0 aliphatic rings. The Labute approximate surface area is 97.9 Å². The molecule has 2 nitrogen and oxygen atoms in total. The molecule has 0 bridgehead atoms. The number of nitrogens with two attached hydrogens (primary N) is 1.